The summed E-state index contributed by atoms with van der Waals surface area (Å²) in [7, 11) is 1.66. The number of hydrogen-bond donors (Lipinski definition) is 1. The summed E-state index contributed by atoms with van der Waals surface area (Å²) in [4.78, 5) is 2.11. The summed E-state index contributed by atoms with van der Waals surface area (Å²) >= 11 is 0. The van der Waals surface area contributed by atoms with Gasteiger partial charge in [-0.3, -0.25) is 0 Å². The van der Waals surface area contributed by atoms with Gasteiger partial charge in [0.05, 0.1) is 13.7 Å². The van der Waals surface area contributed by atoms with E-state index in [0.29, 0.717) is 6.54 Å². The van der Waals surface area contributed by atoms with Crippen molar-refractivity contribution >= 4 is 5.69 Å². The van der Waals surface area contributed by atoms with Crippen LogP contribution >= 0.6 is 0 Å². The Morgan fingerprint density at radius 3 is 2.71 bits per heavy atom. The van der Waals surface area contributed by atoms with Gasteiger partial charge in [-0.2, -0.15) is 0 Å². The first-order valence-electron chi connectivity index (χ1n) is 5.76. The van der Waals surface area contributed by atoms with Crippen molar-refractivity contribution in [3.05, 3.63) is 23.8 Å². The molecule has 0 aromatic heterocycles. The van der Waals surface area contributed by atoms with E-state index in [9.17, 15) is 0 Å². The van der Waals surface area contributed by atoms with Gasteiger partial charge in [0.15, 0.2) is 0 Å². The molecule has 1 atom stereocenters. The third-order valence-corrected chi connectivity index (χ3v) is 2.72. The highest BCUT2D eigenvalue weighted by Gasteiger charge is 2.16. The number of benzene rings is 1. The second-order valence-electron chi connectivity index (χ2n) is 3.90. The third kappa shape index (κ3) is 2.92. The summed E-state index contributed by atoms with van der Waals surface area (Å²) in [6.07, 6.45) is 5.38. The topological polar surface area (TPSA) is 38.5 Å². The lowest BCUT2D eigenvalue weighted by molar-refractivity contribution is 0.407. The number of nitrogens with zero attached hydrogens (tertiary/aromatic N) is 1. The summed E-state index contributed by atoms with van der Waals surface area (Å²) in [5.74, 6) is 3.48. The van der Waals surface area contributed by atoms with Gasteiger partial charge in [0, 0.05) is 23.8 Å². The molecule has 0 aliphatic heterocycles. The fourth-order valence-corrected chi connectivity index (χ4v) is 1.92. The van der Waals surface area contributed by atoms with Gasteiger partial charge < -0.3 is 15.4 Å². The summed E-state index contributed by atoms with van der Waals surface area (Å²) in [6.45, 7) is 5.44. The number of nitrogens with two attached hydrogens (primary N) is 1. The highest BCUT2D eigenvalue weighted by molar-refractivity contribution is 5.61. The van der Waals surface area contributed by atoms with Gasteiger partial charge >= 0.3 is 0 Å². The molecule has 0 bridgehead atoms. The van der Waals surface area contributed by atoms with Gasteiger partial charge in [-0.25, -0.2) is 0 Å². The van der Waals surface area contributed by atoms with Gasteiger partial charge in [0.2, 0.25) is 0 Å². The fourth-order valence-electron chi connectivity index (χ4n) is 1.92. The lowest BCUT2D eigenvalue weighted by Gasteiger charge is -2.26. The minimum absolute atomic E-state index is 0.0898. The second-order valence-corrected chi connectivity index (χ2v) is 3.90. The lowest BCUT2D eigenvalue weighted by atomic mass is 10.0. The smallest absolute Gasteiger partial charge is 0.125 e. The molecule has 0 unspecified atom stereocenters. The van der Waals surface area contributed by atoms with Crippen LogP contribution < -0.4 is 15.4 Å². The van der Waals surface area contributed by atoms with Crippen LogP contribution in [0.3, 0.4) is 0 Å². The Bertz CT molecular complexity index is 407. The first-order valence-corrected chi connectivity index (χ1v) is 5.76. The molecular formula is C14H20N2O. The van der Waals surface area contributed by atoms with Crippen LogP contribution in [-0.2, 0) is 0 Å². The molecule has 0 heterocycles. The Labute approximate surface area is 104 Å². The van der Waals surface area contributed by atoms with Crippen LogP contribution in [0.15, 0.2) is 18.2 Å². The maximum absolute atomic E-state index is 6.02. The Hall–Kier alpha value is -1.66. The largest absolute Gasteiger partial charge is 0.496 e. The zero-order valence-electron chi connectivity index (χ0n) is 10.7. The predicted octanol–water partition coefficient (Wildman–Crippen LogP) is 2.17. The highest BCUT2D eigenvalue weighted by Crippen LogP contribution is 2.33. The maximum atomic E-state index is 6.02. The molecule has 3 heteroatoms. The quantitative estimate of drug-likeness (QED) is 0.791. The van der Waals surface area contributed by atoms with Crippen LogP contribution in [0, 0.1) is 12.3 Å². The van der Waals surface area contributed by atoms with Crippen LogP contribution in [0.4, 0.5) is 5.69 Å². The van der Waals surface area contributed by atoms with Crippen LogP contribution in [0.5, 0.6) is 5.75 Å². The molecule has 1 rings (SSSR count). The SMILES string of the molecule is C#CCN(CC)c1cccc(OC)c1[C@@H](C)N. The molecule has 2 N–H and O–H groups in total. The van der Waals surface area contributed by atoms with Crippen LogP contribution in [0.25, 0.3) is 0 Å². The molecule has 0 saturated heterocycles. The molecular weight excluding hydrogens is 212 g/mol. The Morgan fingerprint density at radius 1 is 1.53 bits per heavy atom. The molecule has 0 aliphatic carbocycles. The third-order valence-electron chi connectivity index (χ3n) is 2.72. The Morgan fingerprint density at radius 2 is 2.24 bits per heavy atom. The van der Waals surface area contributed by atoms with Crippen molar-refractivity contribution in [3.8, 4) is 18.1 Å². The van der Waals surface area contributed by atoms with Gasteiger partial charge in [-0.05, 0) is 26.0 Å². The van der Waals surface area contributed by atoms with Crippen molar-refractivity contribution in [1.29, 1.82) is 0 Å². The van der Waals surface area contributed by atoms with Crippen molar-refractivity contribution in [2.24, 2.45) is 5.73 Å². The molecule has 1 aromatic carbocycles. The Balaban J connectivity index is 3.26. The van der Waals surface area contributed by atoms with Gasteiger partial charge in [0.25, 0.3) is 0 Å². The molecule has 0 amide bonds. The van der Waals surface area contributed by atoms with Gasteiger partial charge in [0.1, 0.15) is 5.75 Å². The van der Waals surface area contributed by atoms with Crippen molar-refractivity contribution < 1.29 is 4.74 Å². The van der Waals surface area contributed by atoms with Crippen molar-refractivity contribution in [2.45, 2.75) is 19.9 Å². The molecule has 17 heavy (non-hydrogen) atoms. The van der Waals surface area contributed by atoms with E-state index < -0.39 is 0 Å². The van der Waals surface area contributed by atoms with Crippen molar-refractivity contribution in [3.63, 3.8) is 0 Å². The van der Waals surface area contributed by atoms with E-state index in [1.54, 1.807) is 7.11 Å². The van der Waals surface area contributed by atoms with Crippen molar-refractivity contribution in [1.82, 2.24) is 0 Å². The number of ether oxygens (including phenoxy) is 1. The van der Waals surface area contributed by atoms with Gasteiger partial charge in [-0.15, -0.1) is 6.42 Å². The Kier molecular flexibility index (Phi) is 4.86. The summed E-state index contributed by atoms with van der Waals surface area (Å²) in [6, 6.07) is 5.82. The van der Waals surface area contributed by atoms with Gasteiger partial charge in [-0.1, -0.05) is 12.0 Å². The summed E-state index contributed by atoms with van der Waals surface area (Å²) < 4.78 is 5.36. The van der Waals surface area contributed by atoms with E-state index in [4.69, 9.17) is 16.9 Å². The van der Waals surface area contributed by atoms with E-state index in [0.717, 1.165) is 23.5 Å². The molecule has 0 radical (unpaired) electrons. The lowest BCUT2D eigenvalue weighted by Crippen LogP contribution is -2.25. The zero-order chi connectivity index (χ0) is 12.8. The van der Waals surface area contributed by atoms with Crippen LogP contribution in [0.2, 0.25) is 0 Å². The first-order chi connectivity index (χ1) is 8.15. The predicted molar refractivity (Wildman–Crippen MR) is 72.3 cm³/mol. The van der Waals surface area contributed by atoms with Crippen LogP contribution in [-0.4, -0.2) is 20.2 Å². The minimum atomic E-state index is -0.0898. The van der Waals surface area contributed by atoms with E-state index in [1.807, 2.05) is 25.1 Å². The molecule has 1 aromatic rings. The van der Waals surface area contributed by atoms with E-state index >= 15 is 0 Å². The molecule has 92 valence electrons. The number of anilines is 1. The second kappa shape index (κ2) is 6.17. The molecule has 0 spiro atoms. The fraction of sp³-hybridized carbons (Fsp3) is 0.429. The summed E-state index contributed by atoms with van der Waals surface area (Å²) in [5.41, 5.74) is 8.08. The summed E-state index contributed by atoms with van der Waals surface area (Å²) in [5, 5.41) is 0. The molecule has 0 aliphatic rings. The van der Waals surface area contributed by atoms with E-state index in [-0.39, 0.29) is 6.04 Å². The van der Waals surface area contributed by atoms with E-state index in [2.05, 4.69) is 17.7 Å². The molecule has 0 fully saturated rings. The van der Waals surface area contributed by atoms with E-state index in [1.165, 1.54) is 0 Å². The van der Waals surface area contributed by atoms with Crippen molar-refractivity contribution in [2.75, 3.05) is 25.1 Å². The maximum Gasteiger partial charge on any atom is 0.125 e. The molecule has 3 nitrogen and oxygen atoms in total. The number of terminal acetylenes is 1. The normalized spacial score (nSPS) is 11.7. The highest BCUT2D eigenvalue weighted by atomic mass is 16.5. The minimum Gasteiger partial charge on any atom is -0.496 e. The monoisotopic (exact) mass is 232 g/mol. The van der Waals surface area contributed by atoms with Crippen LogP contribution in [0.1, 0.15) is 25.5 Å². The first kappa shape index (κ1) is 13.4. The average Bonchev–Trinajstić information content (AvgIpc) is 2.34. The standard InChI is InChI=1S/C14H20N2O/c1-5-10-16(6-2)12-8-7-9-13(17-4)14(12)11(3)15/h1,7-9,11H,6,10,15H2,2-4H3/t11-/m1/s1. The number of hydrogen-bond acceptors (Lipinski definition) is 3. The number of methoxy groups -OCH3 is 1. The number of rotatable bonds is 5. The average molecular weight is 232 g/mol. The zero-order valence-corrected chi connectivity index (χ0v) is 10.7. The molecule has 0 saturated carbocycles.